The van der Waals surface area contributed by atoms with Crippen molar-refractivity contribution in [1.82, 2.24) is 0 Å². The van der Waals surface area contributed by atoms with E-state index in [0.29, 0.717) is 12.8 Å². The Labute approximate surface area is 192 Å². The number of ketones is 1. The van der Waals surface area contributed by atoms with E-state index in [4.69, 9.17) is 14.2 Å². The number of hydrogen-bond donors (Lipinski definition) is 2. The molecule has 33 heavy (non-hydrogen) atoms. The molecule has 1 aliphatic heterocycles. The molecule has 0 unspecified atom stereocenters. The number of carbonyl (C=O) groups excluding carboxylic acids is 4. The van der Waals surface area contributed by atoms with Gasteiger partial charge in [0.1, 0.15) is 17.8 Å². The zero-order chi connectivity index (χ0) is 24.9. The van der Waals surface area contributed by atoms with E-state index in [2.05, 4.69) is 0 Å². The highest BCUT2D eigenvalue weighted by Gasteiger charge is 2.68. The van der Waals surface area contributed by atoms with Gasteiger partial charge in [-0.2, -0.15) is 0 Å². The fourth-order valence-electron chi connectivity index (χ4n) is 5.55. The van der Waals surface area contributed by atoms with Crippen LogP contribution in [0.1, 0.15) is 54.4 Å². The van der Waals surface area contributed by atoms with Gasteiger partial charge in [-0.1, -0.05) is 18.6 Å². The normalized spacial score (nSPS) is 44.6. The summed E-state index contributed by atoms with van der Waals surface area (Å²) in [5.41, 5.74) is -4.69. The molecule has 0 aromatic rings. The summed E-state index contributed by atoms with van der Waals surface area (Å²) in [6.07, 6.45) is 1.54. The van der Waals surface area contributed by atoms with Crippen LogP contribution in [0.5, 0.6) is 0 Å². The van der Waals surface area contributed by atoms with Crippen LogP contribution in [0.15, 0.2) is 23.8 Å². The van der Waals surface area contributed by atoms with E-state index in [0.717, 1.165) is 12.5 Å². The van der Waals surface area contributed by atoms with Crippen LogP contribution in [0.3, 0.4) is 0 Å². The molecule has 0 aromatic carbocycles. The largest absolute Gasteiger partial charge is 0.462 e. The first-order valence-corrected chi connectivity index (χ1v) is 11.1. The first-order valence-electron chi connectivity index (χ1n) is 11.1. The molecule has 0 bridgehead atoms. The van der Waals surface area contributed by atoms with E-state index in [1.807, 2.05) is 0 Å². The highest BCUT2D eigenvalue weighted by Crippen LogP contribution is 2.54. The van der Waals surface area contributed by atoms with E-state index in [9.17, 15) is 29.4 Å². The molecule has 9 nitrogen and oxygen atoms in total. The van der Waals surface area contributed by atoms with Crippen LogP contribution in [-0.4, -0.2) is 63.4 Å². The summed E-state index contributed by atoms with van der Waals surface area (Å²) in [4.78, 5) is 49.7. The Balaban J connectivity index is 2.36. The second-order valence-corrected chi connectivity index (χ2v) is 9.84. The Morgan fingerprint density at radius 1 is 1.12 bits per heavy atom. The van der Waals surface area contributed by atoms with E-state index in [-0.39, 0.29) is 0 Å². The zero-order valence-corrected chi connectivity index (χ0v) is 19.8. The minimum Gasteiger partial charge on any atom is -0.462 e. The Bertz CT molecular complexity index is 932. The number of aliphatic hydroxyl groups is 2. The summed E-state index contributed by atoms with van der Waals surface area (Å²) in [7, 11) is 0. The van der Waals surface area contributed by atoms with Crippen LogP contribution < -0.4 is 0 Å². The van der Waals surface area contributed by atoms with E-state index in [1.165, 1.54) is 32.9 Å². The maximum absolute atomic E-state index is 12.8. The molecular weight excluding hydrogens is 432 g/mol. The fraction of sp³-hybridized carbons (Fsp3) is 0.667. The van der Waals surface area contributed by atoms with Gasteiger partial charge in [0, 0.05) is 25.2 Å². The minimum absolute atomic E-state index is 0.324. The van der Waals surface area contributed by atoms with Gasteiger partial charge >= 0.3 is 17.9 Å². The van der Waals surface area contributed by atoms with Crippen LogP contribution in [0.25, 0.3) is 0 Å². The van der Waals surface area contributed by atoms with Gasteiger partial charge < -0.3 is 24.4 Å². The molecule has 9 heteroatoms. The summed E-state index contributed by atoms with van der Waals surface area (Å²) >= 11 is 0. The predicted molar refractivity (Wildman–Crippen MR) is 114 cm³/mol. The van der Waals surface area contributed by atoms with Crippen LogP contribution in [0, 0.1) is 17.3 Å². The molecule has 2 N–H and O–H groups in total. The second-order valence-electron chi connectivity index (χ2n) is 9.84. The maximum atomic E-state index is 12.8. The van der Waals surface area contributed by atoms with Gasteiger partial charge in [-0.15, -0.1) is 0 Å². The van der Waals surface area contributed by atoms with Gasteiger partial charge in [0.25, 0.3) is 0 Å². The van der Waals surface area contributed by atoms with Crippen LogP contribution in [0.4, 0.5) is 0 Å². The topological polar surface area (TPSA) is 136 Å². The molecule has 2 aliphatic carbocycles. The van der Waals surface area contributed by atoms with Crippen molar-refractivity contribution in [2.45, 2.75) is 83.9 Å². The quantitative estimate of drug-likeness (QED) is 0.353. The van der Waals surface area contributed by atoms with E-state index >= 15 is 0 Å². The van der Waals surface area contributed by atoms with Crippen molar-refractivity contribution in [1.29, 1.82) is 0 Å². The maximum Gasteiger partial charge on any atom is 0.312 e. The van der Waals surface area contributed by atoms with Gasteiger partial charge in [0.15, 0.2) is 17.5 Å². The van der Waals surface area contributed by atoms with Gasteiger partial charge in [0.2, 0.25) is 0 Å². The third-order valence-electron chi connectivity index (χ3n) is 7.40. The lowest BCUT2D eigenvalue weighted by molar-refractivity contribution is -0.224. The average Bonchev–Trinajstić information content (AvgIpc) is 2.90. The van der Waals surface area contributed by atoms with Crippen molar-refractivity contribution in [3.63, 3.8) is 0 Å². The summed E-state index contributed by atoms with van der Waals surface area (Å²) in [5, 5.41) is 23.5. The Hall–Kier alpha value is -2.52. The molecule has 0 aromatic heterocycles. The van der Waals surface area contributed by atoms with Crippen molar-refractivity contribution >= 4 is 23.7 Å². The standard InChI is InChI=1S/C24H32O9/c1-12-7-8-17(31-14(3)25)22(5)10-9-16(27)23(6,29)19(22)20(32-15(4)26)24(30)13(2)21(28)33-18(24)11-12/h9-11,13,17-20,29-30H,7-8H2,1-6H3/b12-11-/t13-,17+,18+,19+,20+,22+,23+,24+/m0/s1. The first kappa shape index (κ1) is 25.1. The van der Waals surface area contributed by atoms with Crippen molar-refractivity contribution in [3.8, 4) is 0 Å². The third kappa shape index (κ3) is 4.01. The summed E-state index contributed by atoms with van der Waals surface area (Å²) in [5.74, 6) is -5.10. The minimum atomic E-state index is -2.12. The van der Waals surface area contributed by atoms with Gasteiger partial charge in [0.05, 0.1) is 5.92 Å². The van der Waals surface area contributed by atoms with Crippen molar-refractivity contribution in [2.24, 2.45) is 17.3 Å². The van der Waals surface area contributed by atoms with E-state index < -0.39 is 70.5 Å². The molecule has 8 atom stereocenters. The first-order chi connectivity index (χ1) is 15.2. The number of ether oxygens (including phenoxy) is 3. The number of hydrogen-bond acceptors (Lipinski definition) is 9. The SMILES string of the molecule is CC(=O)O[C@@H]1[C@@H]2[C@](C)(C=CC(=O)[C@@]2(C)O)[C@H](OC(C)=O)CC/C(C)=C\[C@H]2OC(=O)[C@H](C)[C@]12O. The summed E-state index contributed by atoms with van der Waals surface area (Å²) in [6, 6.07) is 0. The number of carbonyl (C=O) groups is 4. The lowest BCUT2D eigenvalue weighted by Gasteiger charge is -2.54. The molecule has 1 saturated heterocycles. The monoisotopic (exact) mass is 464 g/mol. The van der Waals surface area contributed by atoms with Crippen molar-refractivity contribution in [3.05, 3.63) is 23.8 Å². The molecule has 0 spiro atoms. The van der Waals surface area contributed by atoms with Crippen LogP contribution in [0.2, 0.25) is 0 Å². The molecule has 0 amide bonds. The average molecular weight is 465 g/mol. The van der Waals surface area contributed by atoms with Gasteiger partial charge in [-0.3, -0.25) is 19.2 Å². The number of allylic oxidation sites excluding steroid dienone is 1. The van der Waals surface area contributed by atoms with Crippen LogP contribution in [-0.2, 0) is 33.4 Å². The molecule has 1 heterocycles. The van der Waals surface area contributed by atoms with E-state index in [1.54, 1.807) is 19.9 Å². The Morgan fingerprint density at radius 3 is 2.30 bits per heavy atom. The number of esters is 3. The van der Waals surface area contributed by atoms with Gasteiger partial charge in [-0.25, -0.2) is 0 Å². The zero-order valence-electron chi connectivity index (χ0n) is 19.8. The highest BCUT2D eigenvalue weighted by molar-refractivity contribution is 5.98. The number of fused-ring (bicyclic) bond motifs is 2. The second kappa shape index (κ2) is 8.36. The molecule has 3 rings (SSSR count). The lowest BCUT2D eigenvalue weighted by Crippen LogP contribution is -2.68. The molecular formula is C24H32O9. The summed E-state index contributed by atoms with van der Waals surface area (Å²) < 4.78 is 16.8. The smallest absolute Gasteiger partial charge is 0.312 e. The number of rotatable bonds is 2. The molecule has 1 fully saturated rings. The predicted octanol–water partition coefficient (Wildman–Crippen LogP) is 1.39. The third-order valence-corrected chi connectivity index (χ3v) is 7.40. The van der Waals surface area contributed by atoms with Crippen LogP contribution >= 0.6 is 0 Å². The molecule has 182 valence electrons. The van der Waals surface area contributed by atoms with Crippen molar-refractivity contribution in [2.75, 3.05) is 0 Å². The highest BCUT2D eigenvalue weighted by atomic mass is 16.6. The lowest BCUT2D eigenvalue weighted by atomic mass is 9.55. The Kier molecular flexibility index (Phi) is 6.36. The molecule has 0 radical (unpaired) electrons. The Morgan fingerprint density at radius 2 is 1.73 bits per heavy atom. The summed E-state index contributed by atoms with van der Waals surface area (Å²) in [6.45, 7) is 8.59. The molecule has 3 aliphatic rings. The van der Waals surface area contributed by atoms with Crippen molar-refractivity contribution < 1.29 is 43.6 Å². The molecule has 0 saturated carbocycles. The van der Waals surface area contributed by atoms with Gasteiger partial charge in [-0.05, 0) is 45.8 Å². The fourth-order valence-corrected chi connectivity index (χ4v) is 5.55.